The topological polar surface area (TPSA) is 87.2 Å². The molecule has 1 saturated heterocycles. The number of carbonyl (C=O) groups excluding carboxylic acids is 2. The molecule has 0 unspecified atom stereocenters. The van der Waals surface area contributed by atoms with Gasteiger partial charge in [0.25, 0.3) is 5.91 Å². The van der Waals surface area contributed by atoms with Gasteiger partial charge in [-0.2, -0.15) is 0 Å². The number of urea groups is 1. The number of aryl methyl sites for hydroxylation is 1. The molecule has 0 radical (unpaired) electrons. The first kappa shape index (κ1) is 20.3. The predicted octanol–water partition coefficient (Wildman–Crippen LogP) is 3.79. The van der Waals surface area contributed by atoms with Crippen molar-refractivity contribution in [3.63, 3.8) is 0 Å². The number of benzene rings is 1. The number of hydrogen-bond acceptors (Lipinski definition) is 5. The van der Waals surface area contributed by atoms with Crippen LogP contribution in [-0.4, -0.2) is 45.7 Å². The van der Waals surface area contributed by atoms with Gasteiger partial charge in [-0.3, -0.25) is 4.79 Å². The Bertz CT molecular complexity index is 833. The highest BCUT2D eigenvalue weighted by molar-refractivity contribution is 7.13. The SMILES string of the molecule is Cc1ccc(NC(=O)c2nnc(C3CCN(C(=O)NC(C)(C)C)CC3)s2)cc1. The average Bonchev–Trinajstić information content (AvgIpc) is 3.13. The summed E-state index contributed by atoms with van der Waals surface area (Å²) in [6, 6.07) is 7.61. The number of rotatable bonds is 3. The molecule has 0 bridgehead atoms. The Morgan fingerprint density at radius 1 is 1.11 bits per heavy atom. The van der Waals surface area contributed by atoms with Crippen LogP contribution >= 0.6 is 11.3 Å². The van der Waals surface area contributed by atoms with Crippen molar-refractivity contribution in [2.75, 3.05) is 18.4 Å². The molecule has 2 heterocycles. The van der Waals surface area contributed by atoms with Crippen LogP contribution in [-0.2, 0) is 0 Å². The number of nitrogens with zero attached hydrogens (tertiary/aromatic N) is 3. The highest BCUT2D eigenvalue weighted by atomic mass is 32.1. The van der Waals surface area contributed by atoms with Gasteiger partial charge in [0.2, 0.25) is 5.01 Å². The lowest BCUT2D eigenvalue weighted by molar-refractivity contribution is 0.102. The van der Waals surface area contributed by atoms with E-state index >= 15 is 0 Å². The lowest BCUT2D eigenvalue weighted by Gasteiger charge is -2.33. The maximum absolute atomic E-state index is 12.4. The van der Waals surface area contributed by atoms with Crippen LogP contribution in [0.5, 0.6) is 0 Å². The number of aromatic nitrogens is 2. The van der Waals surface area contributed by atoms with Crippen LogP contribution in [0.25, 0.3) is 0 Å². The van der Waals surface area contributed by atoms with Gasteiger partial charge in [-0.25, -0.2) is 4.79 Å². The van der Waals surface area contributed by atoms with Gasteiger partial charge in [0.1, 0.15) is 5.01 Å². The van der Waals surface area contributed by atoms with E-state index in [-0.39, 0.29) is 23.4 Å². The third-order valence-corrected chi connectivity index (χ3v) is 5.64. The predicted molar refractivity (Wildman–Crippen MR) is 111 cm³/mol. The monoisotopic (exact) mass is 401 g/mol. The molecule has 28 heavy (non-hydrogen) atoms. The number of piperidine rings is 1. The van der Waals surface area contributed by atoms with Gasteiger partial charge in [0.15, 0.2) is 0 Å². The highest BCUT2D eigenvalue weighted by Gasteiger charge is 2.28. The Labute approximate surface area is 169 Å². The molecule has 1 aliphatic rings. The van der Waals surface area contributed by atoms with Gasteiger partial charge in [0.05, 0.1) is 0 Å². The molecule has 3 amide bonds. The third kappa shape index (κ3) is 5.28. The Hall–Kier alpha value is -2.48. The molecule has 1 aromatic carbocycles. The number of hydrogen-bond donors (Lipinski definition) is 2. The third-order valence-electron chi connectivity index (χ3n) is 4.56. The van der Waals surface area contributed by atoms with Crippen molar-refractivity contribution in [3.8, 4) is 0 Å². The molecule has 0 spiro atoms. The van der Waals surface area contributed by atoms with Crippen molar-refractivity contribution in [1.82, 2.24) is 20.4 Å². The molecule has 0 atom stereocenters. The van der Waals surface area contributed by atoms with Gasteiger partial charge in [0, 0.05) is 30.2 Å². The standard InChI is InChI=1S/C20H27N5O2S/c1-13-5-7-15(8-6-13)21-16(26)18-24-23-17(28-18)14-9-11-25(12-10-14)19(27)22-20(2,3)4/h5-8,14H,9-12H2,1-4H3,(H,21,26)(H,22,27). The lowest BCUT2D eigenvalue weighted by atomic mass is 9.98. The smallest absolute Gasteiger partial charge is 0.317 e. The Morgan fingerprint density at radius 3 is 2.36 bits per heavy atom. The van der Waals surface area contributed by atoms with E-state index in [2.05, 4.69) is 20.8 Å². The molecule has 8 heteroatoms. The highest BCUT2D eigenvalue weighted by Crippen LogP contribution is 2.30. The second-order valence-corrected chi connectivity index (χ2v) is 9.22. The largest absolute Gasteiger partial charge is 0.333 e. The van der Waals surface area contributed by atoms with E-state index in [0.29, 0.717) is 18.1 Å². The quantitative estimate of drug-likeness (QED) is 0.819. The first-order valence-electron chi connectivity index (χ1n) is 9.50. The van der Waals surface area contributed by atoms with Crippen molar-refractivity contribution in [2.24, 2.45) is 0 Å². The summed E-state index contributed by atoms with van der Waals surface area (Å²) in [5, 5.41) is 15.4. The second kappa shape index (κ2) is 8.26. The van der Waals surface area contributed by atoms with Gasteiger partial charge in [-0.15, -0.1) is 10.2 Å². The minimum Gasteiger partial charge on any atom is -0.333 e. The molecule has 1 fully saturated rings. The minimum absolute atomic E-state index is 0.0265. The van der Waals surface area contributed by atoms with Gasteiger partial charge < -0.3 is 15.5 Å². The fourth-order valence-corrected chi connectivity index (χ4v) is 3.95. The zero-order valence-corrected chi connectivity index (χ0v) is 17.6. The fourth-order valence-electron chi connectivity index (χ4n) is 3.04. The van der Waals surface area contributed by atoms with Gasteiger partial charge in [-0.1, -0.05) is 29.0 Å². The summed E-state index contributed by atoms with van der Waals surface area (Å²) in [6.07, 6.45) is 1.65. The summed E-state index contributed by atoms with van der Waals surface area (Å²) >= 11 is 1.34. The fraction of sp³-hybridized carbons (Fsp3) is 0.500. The van der Waals surface area contributed by atoms with E-state index in [4.69, 9.17) is 0 Å². The normalized spacial score (nSPS) is 15.4. The molecular weight excluding hydrogens is 374 g/mol. The molecular formula is C20H27N5O2S. The maximum Gasteiger partial charge on any atom is 0.317 e. The molecule has 0 aliphatic carbocycles. The Morgan fingerprint density at radius 2 is 1.75 bits per heavy atom. The molecule has 2 N–H and O–H groups in total. The first-order chi connectivity index (χ1) is 13.2. The average molecular weight is 402 g/mol. The molecule has 1 aromatic heterocycles. The molecule has 3 rings (SSSR count). The van der Waals surface area contributed by atoms with Crippen LogP contribution in [0.4, 0.5) is 10.5 Å². The van der Waals surface area contributed by atoms with Crippen LogP contribution in [0.3, 0.4) is 0 Å². The number of amides is 3. The molecule has 0 saturated carbocycles. The van der Waals surface area contributed by atoms with E-state index in [1.165, 1.54) is 11.3 Å². The summed E-state index contributed by atoms with van der Waals surface area (Å²) in [5.74, 6) is -0.00768. The number of anilines is 1. The summed E-state index contributed by atoms with van der Waals surface area (Å²) in [4.78, 5) is 26.5. The Kier molecular flexibility index (Phi) is 5.98. The number of nitrogens with one attached hydrogen (secondary N) is 2. The van der Waals surface area contributed by atoms with E-state index in [9.17, 15) is 9.59 Å². The lowest BCUT2D eigenvalue weighted by Crippen LogP contribution is -2.50. The summed E-state index contributed by atoms with van der Waals surface area (Å²) < 4.78 is 0. The minimum atomic E-state index is -0.243. The van der Waals surface area contributed by atoms with Gasteiger partial charge in [-0.05, 0) is 52.7 Å². The maximum atomic E-state index is 12.4. The number of likely N-dealkylation sites (tertiary alicyclic amines) is 1. The molecule has 1 aliphatic heterocycles. The summed E-state index contributed by atoms with van der Waals surface area (Å²) in [7, 11) is 0. The van der Waals surface area contributed by atoms with Crippen LogP contribution < -0.4 is 10.6 Å². The van der Waals surface area contributed by atoms with E-state index in [0.717, 1.165) is 29.1 Å². The van der Waals surface area contributed by atoms with Crippen LogP contribution in [0.1, 0.15) is 59.9 Å². The van der Waals surface area contributed by atoms with E-state index in [1.54, 1.807) is 0 Å². The van der Waals surface area contributed by atoms with Crippen molar-refractivity contribution in [1.29, 1.82) is 0 Å². The molecule has 2 aromatic rings. The van der Waals surface area contributed by atoms with Crippen LogP contribution in [0, 0.1) is 6.92 Å². The van der Waals surface area contributed by atoms with Crippen molar-refractivity contribution >= 4 is 29.0 Å². The van der Waals surface area contributed by atoms with Crippen molar-refractivity contribution in [2.45, 2.75) is 52.0 Å². The van der Waals surface area contributed by atoms with Crippen LogP contribution in [0.15, 0.2) is 24.3 Å². The van der Waals surface area contributed by atoms with Crippen molar-refractivity contribution < 1.29 is 9.59 Å². The van der Waals surface area contributed by atoms with Crippen molar-refractivity contribution in [3.05, 3.63) is 39.8 Å². The number of carbonyl (C=O) groups is 2. The van der Waals surface area contributed by atoms with Crippen LogP contribution in [0.2, 0.25) is 0 Å². The zero-order valence-electron chi connectivity index (χ0n) is 16.8. The molecule has 150 valence electrons. The van der Waals surface area contributed by atoms with E-state index < -0.39 is 0 Å². The van der Waals surface area contributed by atoms with Gasteiger partial charge >= 0.3 is 6.03 Å². The first-order valence-corrected chi connectivity index (χ1v) is 10.3. The summed E-state index contributed by atoms with van der Waals surface area (Å²) in [5.41, 5.74) is 1.64. The Balaban J connectivity index is 1.55. The summed E-state index contributed by atoms with van der Waals surface area (Å²) in [6.45, 7) is 9.28. The van der Waals surface area contributed by atoms with E-state index in [1.807, 2.05) is 56.9 Å². The second-order valence-electron chi connectivity index (χ2n) is 8.21. The molecule has 7 nitrogen and oxygen atoms in total. The zero-order chi connectivity index (χ0) is 20.3.